The third-order valence-electron chi connectivity index (χ3n) is 3.08. The maximum absolute atomic E-state index is 12.0. The van der Waals surface area contributed by atoms with E-state index < -0.39 is 0 Å². The van der Waals surface area contributed by atoms with E-state index in [4.69, 9.17) is 10.2 Å². The van der Waals surface area contributed by atoms with Gasteiger partial charge in [-0.3, -0.25) is 9.59 Å². The fourth-order valence-electron chi connectivity index (χ4n) is 2.14. The first kappa shape index (κ1) is 11.6. The van der Waals surface area contributed by atoms with Crippen molar-refractivity contribution in [2.24, 2.45) is 0 Å². The standard InChI is InChI=1S/C13H13N3O3/c14-8-1-2-10-7(3-8)4-11(19-10)13(18)16-9-5-12(17)15-6-9/h1-4,9H,5-6,14H2,(H,15,17)(H,16,18). The molecular formula is C13H13N3O3. The van der Waals surface area contributed by atoms with Crippen LogP contribution in [-0.4, -0.2) is 24.4 Å². The number of furan rings is 1. The van der Waals surface area contributed by atoms with Gasteiger partial charge < -0.3 is 20.8 Å². The molecule has 1 saturated heterocycles. The fourth-order valence-corrected chi connectivity index (χ4v) is 2.14. The zero-order valence-corrected chi connectivity index (χ0v) is 10.1. The summed E-state index contributed by atoms with van der Waals surface area (Å²) in [5.41, 5.74) is 6.90. The Hall–Kier alpha value is -2.50. The Kier molecular flexibility index (Phi) is 2.63. The molecule has 0 spiro atoms. The second kappa shape index (κ2) is 4.31. The first-order valence-electron chi connectivity index (χ1n) is 5.98. The van der Waals surface area contributed by atoms with Crippen LogP contribution < -0.4 is 16.4 Å². The predicted octanol–water partition coefficient (Wildman–Crippen LogP) is 0.633. The van der Waals surface area contributed by atoms with Crippen molar-refractivity contribution in [3.63, 3.8) is 0 Å². The van der Waals surface area contributed by atoms with Gasteiger partial charge in [-0.1, -0.05) is 0 Å². The Morgan fingerprint density at radius 3 is 3.00 bits per heavy atom. The van der Waals surface area contributed by atoms with Gasteiger partial charge in [-0.2, -0.15) is 0 Å². The molecule has 1 atom stereocenters. The molecule has 1 unspecified atom stereocenters. The molecule has 0 bridgehead atoms. The van der Waals surface area contributed by atoms with Gasteiger partial charge in [-0.15, -0.1) is 0 Å². The molecule has 6 heteroatoms. The summed E-state index contributed by atoms with van der Waals surface area (Å²) >= 11 is 0. The van der Waals surface area contributed by atoms with Crippen LogP contribution in [0.4, 0.5) is 5.69 Å². The number of nitrogens with one attached hydrogen (secondary N) is 2. The summed E-state index contributed by atoms with van der Waals surface area (Å²) in [5, 5.41) is 6.20. The minimum absolute atomic E-state index is 0.0531. The molecule has 2 amide bonds. The second-order valence-corrected chi connectivity index (χ2v) is 4.59. The van der Waals surface area contributed by atoms with Gasteiger partial charge in [0.2, 0.25) is 5.91 Å². The molecule has 19 heavy (non-hydrogen) atoms. The van der Waals surface area contributed by atoms with Crippen molar-refractivity contribution in [2.75, 3.05) is 12.3 Å². The van der Waals surface area contributed by atoms with E-state index in [1.165, 1.54) is 0 Å². The van der Waals surface area contributed by atoms with E-state index in [2.05, 4.69) is 10.6 Å². The quantitative estimate of drug-likeness (QED) is 0.689. The minimum Gasteiger partial charge on any atom is -0.451 e. The van der Waals surface area contributed by atoms with E-state index in [9.17, 15) is 9.59 Å². The van der Waals surface area contributed by atoms with Crippen LogP contribution in [0, 0.1) is 0 Å². The number of nitrogen functional groups attached to an aromatic ring is 1. The molecule has 4 N–H and O–H groups in total. The Balaban J connectivity index is 1.79. The van der Waals surface area contributed by atoms with Gasteiger partial charge in [-0.25, -0.2) is 0 Å². The van der Waals surface area contributed by atoms with Crippen molar-refractivity contribution < 1.29 is 14.0 Å². The van der Waals surface area contributed by atoms with E-state index in [0.29, 0.717) is 24.2 Å². The van der Waals surface area contributed by atoms with Crippen LogP contribution in [0.25, 0.3) is 11.0 Å². The largest absolute Gasteiger partial charge is 0.451 e. The average molecular weight is 259 g/mol. The summed E-state index contributed by atoms with van der Waals surface area (Å²) in [4.78, 5) is 23.0. The Morgan fingerprint density at radius 2 is 2.26 bits per heavy atom. The number of anilines is 1. The molecule has 2 aromatic rings. The number of hydrogen-bond acceptors (Lipinski definition) is 4. The maximum Gasteiger partial charge on any atom is 0.287 e. The molecule has 6 nitrogen and oxygen atoms in total. The van der Waals surface area contributed by atoms with Crippen LogP contribution in [0.15, 0.2) is 28.7 Å². The van der Waals surface area contributed by atoms with Crippen molar-refractivity contribution in [3.8, 4) is 0 Å². The lowest BCUT2D eigenvalue weighted by Crippen LogP contribution is -2.35. The van der Waals surface area contributed by atoms with E-state index in [1.807, 2.05) is 0 Å². The predicted molar refractivity (Wildman–Crippen MR) is 69.5 cm³/mol. The molecule has 0 radical (unpaired) electrons. The zero-order chi connectivity index (χ0) is 13.4. The number of carbonyl (C=O) groups excluding carboxylic acids is 2. The highest BCUT2D eigenvalue weighted by Crippen LogP contribution is 2.21. The molecule has 2 heterocycles. The second-order valence-electron chi connectivity index (χ2n) is 4.59. The molecule has 1 aliphatic heterocycles. The van der Waals surface area contributed by atoms with E-state index in [-0.39, 0.29) is 23.6 Å². The van der Waals surface area contributed by atoms with Crippen LogP contribution >= 0.6 is 0 Å². The molecule has 3 rings (SSSR count). The van der Waals surface area contributed by atoms with Crippen LogP contribution in [-0.2, 0) is 4.79 Å². The lowest BCUT2D eigenvalue weighted by molar-refractivity contribution is -0.119. The van der Waals surface area contributed by atoms with Crippen molar-refractivity contribution in [1.82, 2.24) is 10.6 Å². The molecule has 0 aliphatic carbocycles. The number of fused-ring (bicyclic) bond motifs is 1. The Labute approximate surface area is 108 Å². The number of benzene rings is 1. The lowest BCUT2D eigenvalue weighted by atomic mass is 10.2. The van der Waals surface area contributed by atoms with Crippen molar-refractivity contribution in [2.45, 2.75) is 12.5 Å². The maximum atomic E-state index is 12.0. The molecule has 1 aromatic heterocycles. The first-order valence-corrected chi connectivity index (χ1v) is 5.98. The fraction of sp³-hybridized carbons (Fsp3) is 0.231. The number of rotatable bonds is 2. The van der Waals surface area contributed by atoms with Gasteiger partial charge >= 0.3 is 0 Å². The molecule has 98 valence electrons. The topological polar surface area (TPSA) is 97.4 Å². The number of hydrogen-bond donors (Lipinski definition) is 3. The van der Waals surface area contributed by atoms with Gasteiger partial charge in [0.25, 0.3) is 5.91 Å². The third kappa shape index (κ3) is 2.24. The third-order valence-corrected chi connectivity index (χ3v) is 3.08. The Bertz CT molecular complexity index is 662. The summed E-state index contributed by atoms with van der Waals surface area (Å²) in [6, 6.07) is 6.65. The zero-order valence-electron chi connectivity index (χ0n) is 10.1. The number of nitrogens with two attached hydrogens (primary N) is 1. The van der Waals surface area contributed by atoms with Crippen molar-refractivity contribution in [1.29, 1.82) is 0 Å². The van der Waals surface area contributed by atoms with Gasteiger partial charge in [0.1, 0.15) is 5.58 Å². The average Bonchev–Trinajstić information content (AvgIpc) is 2.95. The Morgan fingerprint density at radius 1 is 1.42 bits per heavy atom. The molecule has 1 fully saturated rings. The van der Waals surface area contributed by atoms with Gasteiger partial charge in [-0.05, 0) is 24.3 Å². The normalized spacial score (nSPS) is 18.5. The molecule has 1 aromatic carbocycles. The van der Waals surface area contributed by atoms with E-state index >= 15 is 0 Å². The minimum atomic E-state index is -0.323. The van der Waals surface area contributed by atoms with Crippen LogP contribution in [0.3, 0.4) is 0 Å². The van der Waals surface area contributed by atoms with Gasteiger partial charge in [0.15, 0.2) is 5.76 Å². The number of carbonyl (C=O) groups is 2. The van der Waals surface area contributed by atoms with Crippen LogP contribution in [0.1, 0.15) is 17.0 Å². The SMILES string of the molecule is Nc1ccc2oc(C(=O)NC3CNC(=O)C3)cc2c1. The molecular weight excluding hydrogens is 246 g/mol. The summed E-state index contributed by atoms with van der Waals surface area (Å²) in [7, 11) is 0. The number of amides is 2. The van der Waals surface area contributed by atoms with Gasteiger partial charge in [0.05, 0.1) is 6.04 Å². The van der Waals surface area contributed by atoms with E-state index in [0.717, 1.165) is 5.39 Å². The highest BCUT2D eigenvalue weighted by molar-refractivity contribution is 5.97. The van der Waals surface area contributed by atoms with E-state index in [1.54, 1.807) is 24.3 Å². The van der Waals surface area contributed by atoms with Crippen molar-refractivity contribution in [3.05, 3.63) is 30.0 Å². The first-order chi connectivity index (χ1) is 9.11. The molecule has 0 saturated carbocycles. The summed E-state index contributed by atoms with van der Waals surface area (Å²) in [6.07, 6.45) is 0.304. The monoisotopic (exact) mass is 259 g/mol. The van der Waals surface area contributed by atoms with Crippen molar-refractivity contribution >= 4 is 28.5 Å². The lowest BCUT2D eigenvalue weighted by Gasteiger charge is -2.07. The summed E-state index contributed by atoms with van der Waals surface area (Å²) < 4.78 is 5.45. The highest BCUT2D eigenvalue weighted by atomic mass is 16.3. The smallest absolute Gasteiger partial charge is 0.287 e. The van der Waals surface area contributed by atoms with Gasteiger partial charge in [0, 0.05) is 24.0 Å². The molecule has 1 aliphatic rings. The summed E-state index contributed by atoms with van der Waals surface area (Å²) in [6.45, 7) is 0.456. The summed E-state index contributed by atoms with van der Waals surface area (Å²) in [5.74, 6) is -0.154. The van der Waals surface area contributed by atoms with Crippen LogP contribution in [0.2, 0.25) is 0 Å². The highest BCUT2D eigenvalue weighted by Gasteiger charge is 2.24. The van der Waals surface area contributed by atoms with Crippen LogP contribution in [0.5, 0.6) is 0 Å².